The van der Waals surface area contributed by atoms with Crippen LogP contribution in [0.3, 0.4) is 0 Å². The van der Waals surface area contributed by atoms with Crippen molar-refractivity contribution in [2.75, 3.05) is 0 Å². The van der Waals surface area contributed by atoms with Crippen LogP contribution in [0.5, 0.6) is 0 Å². The lowest BCUT2D eigenvalue weighted by atomic mass is 9.55. The van der Waals surface area contributed by atoms with E-state index in [4.69, 9.17) is 0 Å². The molecule has 0 heteroatoms. The molecular formula is C59H44. The second-order valence-electron chi connectivity index (χ2n) is 16.4. The molecule has 0 nitrogen and oxygen atoms in total. The molecule has 2 aliphatic carbocycles. The molecule has 0 spiro atoms. The van der Waals surface area contributed by atoms with Crippen LogP contribution in [-0.2, 0) is 18.3 Å². The van der Waals surface area contributed by atoms with E-state index in [2.05, 4.69) is 231 Å². The second-order valence-corrected chi connectivity index (χ2v) is 16.4. The minimum atomic E-state index is -0.502. The van der Waals surface area contributed by atoms with Gasteiger partial charge in [-0.15, -0.1) is 0 Å². The van der Waals surface area contributed by atoms with Crippen molar-refractivity contribution in [2.24, 2.45) is 0 Å². The highest BCUT2D eigenvalue weighted by Gasteiger charge is 2.53. The molecule has 0 aromatic heterocycles. The van der Waals surface area contributed by atoms with E-state index in [9.17, 15) is 0 Å². The van der Waals surface area contributed by atoms with Gasteiger partial charge in [-0.25, -0.2) is 0 Å². The topological polar surface area (TPSA) is 0 Å². The summed E-state index contributed by atoms with van der Waals surface area (Å²) in [6.45, 7) is 0. The lowest BCUT2D eigenvalue weighted by molar-refractivity contribution is 0.416. The first kappa shape index (κ1) is 35.2. The number of hydrogen-bond acceptors (Lipinski definition) is 0. The molecule has 0 aliphatic heterocycles. The number of rotatable bonds is 9. The Bertz CT molecular complexity index is 2840. The summed E-state index contributed by atoms with van der Waals surface area (Å²) in [7, 11) is 0. The van der Waals surface area contributed by atoms with Crippen molar-refractivity contribution < 1.29 is 0 Å². The van der Waals surface area contributed by atoms with Crippen LogP contribution >= 0.6 is 0 Å². The average Bonchev–Trinajstić information content (AvgIpc) is 3.88. The number of benzene rings is 9. The molecule has 11 rings (SSSR count). The molecule has 59 heavy (non-hydrogen) atoms. The van der Waals surface area contributed by atoms with Gasteiger partial charge in [0, 0.05) is 17.3 Å². The third kappa shape index (κ3) is 5.98. The maximum absolute atomic E-state index is 2.55. The fourth-order valence-corrected chi connectivity index (χ4v) is 10.6. The molecule has 0 heterocycles. The van der Waals surface area contributed by atoms with Crippen molar-refractivity contribution in [2.45, 2.75) is 30.1 Å². The van der Waals surface area contributed by atoms with Gasteiger partial charge < -0.3 is 0 Å². The average molecular weight is 753 g/mol. The van der Waals surface area contributed by atoms with Crippen LogP contribution in [0.25, 0.3) is 39.1 Å². The van der Waals surface area contributed by atoms with E-state index in [1.54, 1.807) is 0 Å². The smallest absolute Gasteiger partial charge is 0.0415 e. The van der Waals surface area contributed by atoms with Crippen LogP contribution in [0, 0.1) is 0 Å². The molecule has 0 bridgehead atoms. The van der Waals surface area contributed by atoms with Gasteiger partial charge in [-0.2, -0.15) is 0 Å². The van der Waals surface area contributed by atoms with Gasteiger partial charge in [-0.05, 0) is 102 Å². The molecule has 0 amide bonds. The lowest BCUT2D eigenvalue weighted by Crippen LogP contribution is -2.40. The Morgan fingerprint density at radius 2 is 0.847 bits per heavy atom. The van der Waals surface area contributed by atoms with E-state index in [0.29, 0.717) is 0 Å². The van der Waals surface area contributed by atoms with Crippen LogP contribution in [-0.4, -0.2) is 0 Å². The zero-order valence-corrected chi connectivity index (χ0v) is 33.0. The minimum Gasteiger partial charge on any atom is -0.0751 e. The van der Waals surface area contributed by atoms with Crippen molar-refractivity contribution in [3.8, 4) is 22.3 Å². The SMILES string of the molecule is C1=CC(C(c2ccccc2)(c2ccccc2)C2c3cc(Cc4ccccc4)ccc3-c3ccc(Cc4ccccc4)cc32)c2cccc(-c3cccc4ccccc34)c21. The van der Waals surface area contributed by atoms with Gasteiger partial charge in [0.15, 0.2) is 0 Å². The van der Waals surface area contributed by atoms with E-state index in [0.717, 1.165) is 12.8 Å². The van der Waals surface area contributed by atoms with Crippen LogP contribution < -0.4 is 0 Å². The molecule has 0 fully saturated rings. The maximum Gasteiger partial charge on any atom is 0.0415 e. The van der Waals surface area contributed by atoms with Gasteiger partial charge in [0.05, 0.1) is 0 Å². The molecule has 1 unspecified atom stereocenters. The Morgan fingerprint density at radius 1 is 0.356 bits per heavy atom. The van der Waals surface area contributed by atoms with Gasteiger partial charge in [-0.3, -0.25) is 0 Å². The van der Waals surface area contributed by atoms with Crippen molar-refractivity contribution in [1.29, 1.82) is 0 Å². The van der Waals surface area contributed by atoms with E-state index >= 15 is 0 Å². The summed E-state index contributed by atoms with van der Waals surface area (Å²) in [6.07, 6.45) is 6.76. The van der Waals surface area contributed by atoms with Crippen LogP contribution in [0.15, 0.2) is 224 Å². The van der Waals surface area contributed by atoms with Gasteiger partial charge in [0.25, 0.3) is 0 Å². The molecule has 0 N–H and O–H groups in total. The zero-order valence-electron chi connectivity index (χ0n) is 33.0. The first-order valence-electron chi connectivity index (χ1n) is 21.0. The summed E-state index contributed by atoms with van der Waals surface area (Å²) in [5, 5.41) is 2.55. The summed E-state index contributed by atoms with van der Waals surface area (Å²) in [4.78, 5) is 0. The Hall–Kier alpha value is -7.02. The Labute approximate surface area is 347 Å². The van der Waals surface area contributed by atoms with Crippen molar-refractivity contribution >= 4 is 16.8 Å². The molecule has 280 valence electrons. The van der Waals surface area contributed by atoms with E-state index in [1.165, 1.54) is 88.7 Å². The first-order chi connectivity index (χ1) is 29.3. The third-order valence-electron chi connectivity index (χ3n) is 13.1. The fourth-order valence-electron chi connectivity index (χ4n) is 10.6. The van der Waals surface area contributed by atoms with E-state index < -0.39 is 5.41 Å². The third-order valence-corrected chi connectivity index (χ3v) is 13.1. The largest absolute Gasteiger partial charge is 0.0751 e. The molecule has 0 radical (unpaired) electrons. The molecule has 9 aromatic carbocycles. The van der Waals surface area contributed by atoms with Gasteiger partial charge >= 0.3 is 0 Å². The standard InChI is InChI=1S/C59H44/c1-5-17-41(18-6-1)37-43-31-33-52-53-34-32-44(38-42-19-7-2-8-20-42)40-56(53)58(55(52)39-43)59(46-23-9-3-10-24-46,47-25-11-4-12-26-47)57-36-35-51-50(29-16-30-54(51)57)49-28-15-22-45-21-13-14-27-48(45)49/h1-36,39-40,57-58H,37-38H2. The number of allylic oxidation sites excluding steroid dienone is 1. The van der Waals surface area contributed by atoms with Crippen molar-refractivity contribution in [1.82, 2.24) is 0 Å². The summed E-state index contributed by atoms with van der Waals surface area (Å²) in [5.74, 6) is 0.0575. The van der Waals surface area contributed by atoms with Crippen molar-refractivity contribution in [3.63, 3.8) is 0 Å². The van der Waals surface area contributed by atoms with E-state index in [-0.39, 0.29) is 11.8 Å². The molecular weight excluding hydrogens is 709 g/mol. The molecule has 9 aromatic rings. The maximum atomic E-state index is 2.55. The van der Waals surface area contributed by atoms with E-state index in [1.807, 2.05) is 0 Å². The molecule has 0 saturated heterocycles. The van der Waals surface area contributed by atoms with Crippen LogP contribution in [0.1, 0.15) is 67.5 Å². The minimum absolute atomic E-state index is 0.0190. The van der Waals surface area contributed by atoms with Crippen LogP contribution in [0.4, 0.5) is 0 Å². The molecule has 0 saturated carbocycles. The van der Waals surface area contributed by atoms with Gasteiger partial charge in [-0.1, -0.05) is 231 Å². The number of hydrogen-bond donors (Lipinski definition) is 0. The van der Waals surface area contributed by atoms with Crippen molar-refractivity contribution in [3.05, 3.63) is 280 Å². The summed E-state index contributed by atoms with van der Waals surface area (Å²) in [6, 6.07) is 82.0. The normalized spacial score (nSPS) is 14.3. The summed E-state index contributed by atoms with van der Waals surface area (Å²) >= 11 is 0. The Balaban J connectivity index is 1.19. The predicted molar refractivity (Wildman–Crippen MR) is 247 cm³/mol. The predicted octanol–water partition coefficient (Wildman–Crippen LogP) is 14.6. The van der Waals surface area contributed by atoms with Gasteiger partial charge in [0.2, 0.25) is 0 Å². The first-order valence-corrected chi connectivity index (χ1v) is 21.0. The second kappa shape index (κ2) is 14.7. The highest BCUT2D eigenvalue weighted by Crippen LogP contribution is 2.63. The van der Waals surface area contributed by atoms with Crippen LogP contribution in [0.2, 0.25) is 0 Å². The summed E-state index contributed by atoms with van der Waals surface area (Å²) < 4.78 is 0. The summed E-state index contributed by atoms with van der Waals surface area (Å²) in [5.41, 5.74) is 18.3. The molecule has 2 aliphatic rings. The molecule has 1 atom stereocenters. The van der Waals surface area contributed by atoms with Gasteiger partial charge in [0.1, 0.15) is 0 Å². The zero-order chi connectivity index (χ0) is 39.2. The lowest BCUT2D eigenvalue weighted by Gasteiger charge is -2.46. The monoisotopic (exact) mass is 752 g/mol. The number of fused-ring (bicyclic) bond motifs is 5. The Morgan fingerprint density at radius 3 is 1.44 bits per heavy atom. The highest BCUT2D eigenvalue weighted by molar-refractivity contribution is 5.99. The Kier molecular flexibility index (Phi) is 8.78. The fraction of sp³-hybridized carbons (Fsp3) is 0.0847. The quantitative estimate of drug-likeness (QED) is 0.138. The highest BCUT2D eigenvalue weighted by atomic mass is 14.5.